The van der Waals surface area contributed by atoms with Crippen LogP contribution in [0.5, 0.6) is 5.75 Å². The van der Waals surface area contributed by atoms with Crippen LogP contribution in [0.3, 0.4) is 0 Å². The lowest BCUT2D eigenvalue weighted by Gasteiger charge is -2.12. The van der Waals surface area contributed by atoms with Crippen molar-refractivity contribution in [3.05, 3.63) is 29.8 Å². The lowest BCUT2D eigenvalue weighted by Crippen LogP contribution is -1.94. The highest BCUT2D eigenvalue weighted by molar-refractivity contribution is 7.50. The molecule has 1 aromatic rings. The first-order valence-electron chi connectivity index (χ1n) is 3.57. The van der Waals surface area contributed by atoms with Crippen LogP contribution in [0.25, 0.3) is 0 Å². The molecule has 0 aliphatic rings. The Hall–Kier alpha value is -0.250. The summed E-state index contributed by atoms with van der Waals surface area (Å²) in [5, 5.41) is 0. The Kier molecular flexibility index (Phi) is 4.23. The minimum Gasteiger partial charge on any atom is -0.402 e. The van der Waals surface area contributed by atoms with Gasteiger partial charge < -0.3 is 4.52 Å². The molecule has 0 saturated carbocycles. The van der Waals surface area contributed by atoms with Crippen LogP contribution in [-0.4, -0.2) is 0 Å². The zero-order valence-corrected chi connectivity index (χ0v) is 9.55. The van der Waals surface area contributed by atoms with Crippen LogP contribution < -0.4 is 4.52 Å². The summed E-state index contributed by atoms with van der Waals surface area (Å²) in [6.45, 7) is 1.77. The molecule has 0 unspecified atom stereocenters. The summed E-state index contributed by atoms with van der Waals surface area (Å²) in [6.07, 6.45) is 0. The van der Waals surface area contributed by atoms with E-state index in [1.54, 1.807) is 31.2 Å². The van der Waals surface area contributed by atoms with Gasteiger partial charge in [0.15, 0.2) is 0 Å². The molecule has 7 heteroatoms. The van der Waals surface area contributed by atoms with Gasteiger partial charge in [-0.3, -0.25) is 0 Å². The fourth-order valence-electron chi connectivity index (χ4n) is 0.818. The number of para-hydroxylation sites is 1. The number of phosphoric acid groups is 1. The van der Waals surface area contributed by atoms with E-state index >= 15 is 0 Å². The van der Waals surface area contributed by atoms with Crippen molar-refractivity contribution in [2.75, 3.05) is 0 Å². The Labute approximate surface area is 91.6 Å². The first-order chi connectivity index (χ1) is 6.61. The average molecular weight is 257 g/mol. The summed E-state index contributed by atoms with van der Waals surface area (Å²) in [5.41, 5.74) is 0.759. The predicted octanol–water partition coefficient (Wildman–Crippen LogP) is 3.82. The molecule has 0 saturated heterocycles. The van der Waals surface area contributed by atoms with Gasteiger partial charge in [-0.15, -0.1) is 0 Å². The molecule has 78 valence electrons. The Bertz CT molecular complexity index is 349. The maximum absolute atomic E-state index is 11.3. The smallest absolute Gasteiger partial charge is 0.402 e. The molecule has 0 amide bonds. The Balaban J connectivity index is 2.88. The van der Waals surface area contributed by atoms with Gasteiger partial charge in [-0.25, -0.2) is 4.57 Å². The molecule has 0 radical (unpaired) electrons. The Morgan fingerprint density at radius 3 is 2.29 bits per heavy atom. The summed E-state index contributed by atoms with van der Waals surface area (Å²) in [6, 6.07) is 6.86. The molecule has 0 spiro atoms. The quantitative estimate of drug-likeness (QED) is 0.769. The van der Waals surface area contributed by atoms with Gasteiger partial charge in [-0.05, 0) is 18.6 Å². The lowest BCUT2D eigenvalue weighted by molar-refractivity contribution is 0.317. The van der Waals surface area contributed by atoms with Crippen molar-refractivity contribution < 1.29 is 17.2 Å². The third-order valence-electron chi connectivity index (χ3n) is 1.47. The highest BCUT2D eigenvalue weighted by Crippen LogP contribution is 2.52. The maximum Gasteiger partial charge on any atom is 0.563 e. The lowest BCUT2D eigenvalue weighted by atomic mass is 10.2. The number of benzene rings is 1. The monoisotopic (exact) mass is 256 g/mol. The van der Waals surface area contributed by atoms with E-state index in [2.05, 4.69) is 8.15 Å². The molecule has 1 rings (SSSR count). The molecular formula is C7H7Cl2O4P. The summed E-state index contributed by atoms with van der Waals surface area (Å²) < 4.78 is 24.2. The minimum absolute atomic E-state index is 0.331. The van der Waals surface area contributed by atoms with Crippen LogP contribution in [0.1, 0.15) is 5.56 Å². The van der Waals surface area contributed by atoms with Crippen LogP contribution in [0.2, 0.25) is 0 Å². The molecule has 0 fully saturated rings. The van der Waals surface area contributed by atoms with E-state index < -0.39 is 7.82 Å². The number of halogens is 2. The van der Waals surface area contributed by atoms with Gasteiger partial charge in [0.2, 0.25) is 0 Å². The predicted molar refractivity (Wildman–Crippen MR) is 53.3 cm³/mol. The highest BCUT2D eigenvalue weighted by atomic mass is 35.5. The van der Waals surface area contributed by atoms with Gasteiger partial charge in [-0.2, -0.15) is 8.15 Å². The van der Waals surface area contributed by atoms with Crippen molar-refractivity contribution in [1.82, 2.24) is 0 Å². The normalized spacial score (nSPS) is 11.4. The first-order valence-corrected chi connectivity index (χ1v) is 5.65. The van der Waals surface area contributed by atoms with Gasteiger partial charge in [0.1, 0.15) is 5.75 Å². The third-order valence-corrected chi connectivity index (χ3v) is 3.25. The maximum atomic E-state index is 11.3. The van der Waals surface area contributed by atoms with E-state index in [9.17, 15) is 4.57 Å². The molecule has 0 bridgehead atoms. The molecule has 0 aliphatic heterocycles. The second-order valence-electron chi connectivity index (χ2n) is 2.44. The molecule has 4 nitrogen and oxygen atoms in total. The van der Waals surface area contributed by atoms with E-state index in [4.69, 9.17) is 28.3 Å². The van der Waals surface area contributed by atoms with Gasteiger partial charge >= 0.3 is 7.82 Å². The van der Waals surface area contributed by atoms with E-state index in [0.29, 0.717) is 5.75 Å². The molecule has 0 N–H and O–H groups in total. The Morgan fingerprint density at radius 1 is 1.21 bits per heavy atom. The zero-order valence-electron chi connectivity index (χ0n) is 7.15. The van der Waals surface area contributed by atoms with Gasteiger partial charge in [0, 0.05) is 0 Å². The molecular weight excluding hydrogens is 250 g/mol. The van der Waals surface area contributed by atoms with Gasteiger partial charge in [0.05, 0.1) is 23.7 Å². The fraction of sp³-hybridized carbons (Fsp3) is 0.143. The van der Waals surface area contributed by atoms with E-state index in [1.807, 2.05) is 0 Å². The van der Waals surface area contributed by atoms with Crippen molar-refractivity contribution in [2.24, 2.45) is 0 Å². The summed E-state index contributed by atoms with van der Waals surface area (Å²) in [7, 11) is -3.90. The summed E-state index contributed by atoms with van der Waals surface area (Å²) in [5.74, 6) is 0.331. The van der Waals surface area contributed by atoms with Crippen molar-refractivity contribution in [1.29, 1.82) is 0 Å². The van der Waals surface area contributed by atoms with Crippen LogP contribution in [0.15, 0.2) is 24.3 Å². The summed E-state index contributed by atoms with van der Waals surface area (Å²) >= 11 is 9.83. The van der Waals surface area contributed by atoms with E-state index in [1.165, 1.54) is 0 Å². The highest BCUT2D eigenvalue weighted by Gasteiger charge is 2.29. The molecule has 0 aliphatic carbocycles. The summed E-state index contributed by atoms with van der Waals surface area (Å²) in [4.78, 5) is 0. The minimum atomic E-state index is -3.90. The Morgan fingerprint density at radius 2 is 1.79 bits per heavy atom. The standard InChI is InChI=1S/C7H7Cl2O4P/c1-6-4-2-3-5-7(6)11-14(10,12-8)13-9/h2-5H,1H3. The SMILES string of the molecule is Cc1ccccc1OP(=O)(OCl)OCl. The third kappa shape index (κ3) is 2.87. The molecule has 0 heterocycles. The van der Waals surface area contributed by atoms with Gasteiger partial charge in [-0.1, -0.05) is 18.2 Å². The fourth-order valence-corrected chi connectivity index (χ4v) is 1.77. The molecule has 0 atom stereocenters. The van der Waals surface area contributed by atoms with Crippen molar-refractivity contribution in [3.8, 4) is 5.75 Å². The zero-order chi connectivity index (χ0) is 10.6. The van der Waals surface area contributed by atoms with Crippen LogP contribution in [-0.2, 0) is 12.7 Å². The first kappa shape index (κ1) is 11.8. The molecule has 14 heavy (non-hydrogen) atoms. The number of rotatable bonds is 4. The van der Waals surface area contributed by atoms with Crippen LogP contribution in [0, 0.1) is 6.92 Å². The topological polar surface area (TPSA) is 44.8 Å². The molecule has 1 aromatic carbocycles. The van der Waals surface area contributed by atoms with Crippen molar-refractivity contribution in [3.63, 3.8) is 0 Å². The van der Waals surface area contributed by atoms with Crippen LogP contribution in [0.4, 0.5) is 0 Å². The van der Waals surface area contributed by atoms with E-state index in [-0.39, 0.29) is 0 Å². The molecule has 0 aromatic heterocycles. The van der Waals surface area contributed by atoms with Crippen molar-refractivity contribution >= 4 is 31.6 Å². The van der Waals surface area contributed by atoms with Crippen molar-refractivity contribution in [2.45, 2.75) is 6.92 Å². The largest absolute Gasteiger partial charge is 0.563 e. The van der Waals surface area contributed by atoms with E-state index in [0.717, 1.165) is 5.56 Å². The van der Waals surface area contributed by atoms with Gasteiger partial charge in [0.25, 0.3) is 0 Å². The second kappa shape index (κ2) is 5.01. The number of hydrogen-bond donors (Lipinski definition) is 0. The second-order valence-corrected chi connectivity index (χ2v) is 4.62. The number of aryl methyl sites for hydroxylation is 1. The average Bonchev–Trinajstić information content (AvgIpc) is 2.21. The van der Waals surface area contributed by atoms with Crippen LogP contribution >= 0.6 is 31.6 Å². The number of hydrogen-bond acceptors (Lipinski definition) is 4.